The van der Waals surface area contributed by atoms with Gasteiger partial charge in [-0.05, 0) is 38.3 Å². The van der Waals surface area contributed by atoms with Crippen LogP contribution in [0.5, 0.6) is 0 Å². The van der Waals surface area contributed by atoms with Crippen LogP contribution in [-0.2, 0) is 13.1 Å². The normalized spacial score (nSPS) is 12.3. The van der Waals surface area contributed by atoms with Crippen molar-refractivity contribution in [2.45, 2.75) is 33.9 Å². The van der Waals surface area contributed by atoms with E-state index in [9.17, 15) is 4.79 Å². The molecule has 5 nitrogen and oxygen atoms in total. The van der Waals surface area contributed by atoms with E-state index in [1.54, 1.807) is 17.4 Å². The smallest absolute Gasteiger partial charge is 0.300 e. The molecule has 4 rings (SSSR count). The highest BCUT2D eigenvalue weighted by Gasteiger charge is 2.13. The summed E-state index contributed by atoms with van der Waals surface area (Å²) >= 11 is 1.56. The average molecular weight is 364 g/mol. The minimum atomic E-state index is -0.293. The van der Waals surface area contributed by atoms with Gasteiger partial charge in [0.1, 0.15) is 0 Å². The van der Waals surface area contributed by atoms with Gasteiger partial charge in [0.25, 0.3) is 5.91 Å². The summed E-state index contributed by atoms with van der Waals surface area (Å²) in [5.41, 5.74) is 2.48. The molecule has 6 heteroatoms. The maximum Gasteiger partial charge on any atom is 0.300 e. The SMILES string of the molecule is CCn1nc(C(=O)N=c2sc3c4ccccc4ccc3n2CC)cc1C. The molecule has 2 aromatic carbocycles. The van der Waals surface area contributed by atoms with E-state index >= 15 is 0 Å². The molecule has 0 N–H and O–H groups in total. The van der Waals surface area contributed by atoms with Gasteiger partial charge in [-0.3, -0.25) is 9.48 Å². The molecule has 2 aromatic heterocycles. The van der Waals surface area contributed by atoms with E-state index in [1.807, 2.05) is 30.7 Å². The molecule has 0 radical (unpaired) electrons. The first kappa shape index (κ1) is 16.7. The molecular formula is C20H20N4OS. The van der Waals surface area contributed by atoms with Gasteiger partial charge in [-0.15, -0.1) is 0 Å². The summed E-state index contributed by atoms with van der Waals surface area (Å²) in [4.78, 5) is 17.8. The summed E-state index contributed by atoms with van der Waals surface area (Å²) in [6, 6.07) is 14.3. The molecule has 2 heterocycles. The highest BCUT2D eigenvalue weighted by atomic mass is 32.1. The van der Waals surface area contributed by atoms with Gasteiger partial charge in [-0.2, -0.15) is 10.1 Å². The molecule has 0 aliphatic heterocycles. The fourth-order valence-electron chi connectivity index (χ4n) is 3.27. The molecular weight excluding hydrogens is 344 g/mol. The van der Waals surface area contributed by atoms with Crippen LogP contribution < -0.4 is 4.80 Å². The molecule has 4 aromatic rings. The molecule has 0 bridgehead atoms. The molecule has 0 aliphatic carbocycles. The van der Waals surface area contributed by atoms with Crippen LogP contribution in [0.2, 0.25) is 0 Å². The third kappa shape index (κ3) is 2.66. The number of fused-ring (bicyclic) bond motifs is 3. The lowest BCUT2D eigenvalue weighted by Gasteiger charge is -2.02. The Labute approximate surface area is 155 Å². The number of aromatic nitrogens is 3. The lowest BCUT2D eigenvalue weighted by molar-refractivity contribution is 0.0992. The first-order valence-electron chi connectivity index (χ1n) is 8.77. The number of benzene rings is 2. The molecule has 0 saturated heterocycles. The lowest BCUT2D eigenvalue weighted by atomic mass is 10.1. The first-order chi connectivity index (χ1) is 12.6. The van der Waals surface area contributed by atoms with Gasteiger partial charge in [0, 0.05) is 24.2 Å². The van der Waals surface area contributed by atoms with Gasteiger partial charge < -0.3 is 4.57 Å². The Kier molecular flexibility index (Phi) is 4.20. The van der Waals surface area contributed by atoms with Crippen LogP contribution in [0.4, 0.5) is 0 Å². The number of amides is 1. The minimum Gasteiger partial charge on any atom is -0.317 e. The predicted molar refractivity (Wildman–Crippen MR) is 106 cm³/mol. The quantitative estimate of drug-likeness (QED) is 0.548. The first-order valence-corrected chi connectivity index (χ1v) is 9.58. The number of aryl methyl sites for hydroxylation is 3. The van der Waals surface area contributed by atoms with Gasteiger partial charge in [-0.25, -0.2) is 0 Å². The van der Waals surface area contributed by atoms with Crippen LogP contribution in [0, 0.1) is 6.92 Å². The van der Waals surface area contributed by atoms with E-state index in [-0.39, 0.29) is 5.91 Å². The van der Waals surface area contributed by atoms with Crippen molar-refractivity contribution in [2.24, 2.45) is 4.99 Å². The second-order valence-electron chi connectivity index (χ2n) is 6.17. The Morgan fingerprint density at radius 1 is 1.15 bits per heavy atom. The zero-order valence-electron chi connectivity index (χ0n) is 15.1. The number of rotatable bonds is 3. The van der Waals surface area contributed by atoms with Gasteiger partial charge in [0.2, 0.25) is 0 Å². The van der Waals surface area contributed by atoms with E-state index in [2.05, 4.69) is 45.8 Å². The Morgan fingerprint density at radius 2 is 1.96 bits per heavy atom. The molecule has 0 spiro atoms. The van der Waals surface area contributed by atoms with Crippen molar-refractivity contribution in [3.63, 3.8) is 0 Å². The van der Waals surface area contributed by atoms with Gasteiger partial charge >= 0.3 is 0 Å². The van der Waals surface area contributed by atoms with Crippen LogP contribution in [-0.4, -0.2) is 20.3 Å². The van der Waals surface area contributed by atoms with Crippen molar-refractivity contribution in [1.29, 1.82) is 0 Å². The van der Waals surface area contributed by atoms with E-state index in [0.717, 1.165) is 29.0 Å². The van der Waals surface area contributed by atoms with E-state index in [0.29, 0.717) is 10.5 Å². The van der Waals surface area contributed by atoms with Gasteiger partial charge in [-0.1, -0.05) is 41.7 Å². The molecule has 26 heavy (non-hydrogen) atoms. The predicted octanol–water partition coefficient (Wildman–Crippen LogP) is 4.14. The van der Waals surface area contributed by atoms with E-state index in [1.165, 1.54) is 10.8 Å². The van der Waals surface area contributed by atoms with Crippen molar-refractivity contribution in [3.05, 3.63) is 58.7 Å². The number of carbonyl (C=O) groups is 1. The minimum absolute atomic E-state index is 0.293. The maximum atomic E-state index is 12.7. The summed E-state index contributed by atoms with van der Waals surface area (Å²) in [6.45, 7) is 7.52. The zero-order valence-corrected chi connectivity index (χ0v) is 15.9. The highest BCUT2D eigenvalue weighted by molar-refractivity contribution is 7.17. The average Bonchev–Trinajstić information content (AvgIpc) is 3.21. The Bertz CT molecular complexity index is 1200. The molecule has 1 amide bonds. The molecule has 0 saturated carbocycles. The number of nitrogens with zero attached hydrogens (tertiary/aromatic N) is 4. The molecule has 0 fully saturated rings. The van der Waals surface area contributed by atoms with Crippen LogP contribution in [0.1, 0.15) is 30.0 Å². The Hall–Kier alpha value is -2.73. The van der Waals surface area contributed by atoms with Crippen LogP contribution in [0.3, 0.4) is 0 Å². The van der Waals surface area contributed by atoms with E-state index < -0.39 is 0 Å². The van der Waals surface area contributed by atoms with Crippen molar-refractivity contribution in [3.8, 4) is 0 Å². The summed E-state index contributed by atoms with van der Waals surface area (Å²) in [5.74, 6) is -0.293. The van der Waals surface area contributed by atoms with Crippen LogP contribution in [0.25, 0.3) is 21.0 Å². The third-order valence-corrected chi connectivity index (χ3v) is 5.71. The molecule has 132 valence electrons. The third-order valence-electron chi connectivity index (χ3n) is 4.59. The zero-order chi connectivity index (χ0) is 18.3. The molecule has 0 atom stereocenters. The van der Waals surface area contributed by atoms with Gasteiger partial charge in [0.15, 0.2) is 10.5 Å². The second-order valence-corrected chi connectivity index (χ2v) is 7.15. The number of hydrogen-bond donors (Lipinski definition) is 0. The topological polar surface area (TPSA) is 52.2 Å². The van der Waals surface area contributed by atoms with Crippen LogP contribution in [0.15, 0.2) is 47.5 Å². The largest absolute Gasteiger partial charge is 0.317 e. The maximum absolute atomic E-state index is 12.7. The number of carbonyl (C=O) groups excluding carboxylic acids is 1. The molecule has 0 unspecified atom stereocenters. The summed E-state index contributed by atoms with van der Waals surface area (Å²) in [5, 5.41) is 6.74. The summed E-state index contributed by atoms with van der Waals surface area (Å²) < 4.78 is 5.06. The summed E-state index contributed by atoms with van der Waals surface area (Å²) in [6.07, 6.45) is 0. The Morgan fingerprint density at radius 3 is 2.69 bits per heavy atom. The van der Waals surface area contributed by atoms with Gasteiger partial charge in [0.05, 0.1) is 10.2 Å². The second kappa shape index (κ2) is 6.53. The van der Waals surface area contributed by atoms with Crippen molar-refractivity contribution in [2.75, 3.05) is 0 Å². The fraction of sp³-hybridized carbons (Fsp3) is 0.250. The molecule has 0 aliphatic rings. The fourth-order valence-corrected chi connectivity index (χ4v) is 4.50. The standard InChI is InChI=1S/C20H20N4OS/c1-4-23-17-11-10-14-8-6-7-9-15(14)18(17)26-20(23)21-19(25)16-12-13(3)24(5-2)22-16/h6-12H,4-5H2,1-3H3. The van der Waals surface area contributed by atoms with Crippen molar-refractivity contribution in [1.82, 2.24) is 14.3 Å². The monoisotopic (exact) mass is 364 g/mol. The number of hydrogen-bond acceptors (Lipinski definition) is 3. The van der Waals surface area contributed by atoms with E-state index in [4.69, 9.17) is 0 Å². The summed E-state index contributed by atoms with van der Waals surface area (Å²) in [7, 11) is 0. The lowest BCUT2D eigenvalue weighted by Crippen LogP contribution is -2.16. The van der Waals surface area contributed by atoms with Crippen molar-refractivity contribution >= 4 is 38.2 Å². The van der Waals surface area contributed by atoms with Crippen molar-refractivity contribution < 1.29 is 4.79 Å². The number of thiazole rings is 1. The highest BCUT2D eigenvalue weighted by Crippen LogP contribution is 2.27. The Balaban J connectivity index is 1.91. The van der Waals surface area contributed by atoms with Crippen LogP contribution >= 0.6 is 11.3 Å².